The van der Waals surface area contributed by atoms with Crippen molar-refractivity contribution < 1.29 is 23.9 Å². The van der Waals surface area contributed by atoms with Crippen LogP contribution in [0.5, 0.6) is 0 Å². The van der Waals surface area contributed by atoms with Crippen LogP contribution in [-0.2, 0) is 25.7 Å². The van der Waals surface area contributed by atoms with Gasteiger partial charge < -0.3 is 14.4 Å². The van der Waals surface area contributed by atoms with Crippen LogP contribution in [0.1, 0.15) is 34.3 Å². The topological polar surface area (TPSA) is 76.2 Å². The molecule has 0 N–H and O–H groups in total. The van der Waals surface area contributed by atoms with Crippen LogP contribution in [-0.4, -0.2) is 48.6 Å². The van der Waals surface area contributed by atoms with Crippen LogP contribution in [0.25, 0.3) is 0 Å². The van der Waals surface area contributed by atoms with Crippen LogP contribution in [0.3, 0.4) is 0 Å². The van der Waals surface area contributed by atoms with Gasteiger partial charge in [0.15, 0.2) is 0 Å². The number of esters is 1. The number of aryl methyl sites for hydroxylation is 1. The molecule has 1 saturated heterocycles. The number of hydrogen-bond acceptors (Lipinski definition) is 5. The maximum Gasteiger partial charge on any atom is 0.354 e. The molecule has 2 aliphatic rings. The molecule has 1 atom stereocenters. The molecule has 156 valence electrons. The lowest BCUT2D eigenvalue weighted by Crippen LogP contribution is -2.68. The van der Waals surface area contributed by atoms with Crippen molar-refractivity contribution in [1.82, 2.24) is 4.90 Å². The molecule has 30 heavy (non-hydrogen) atoms. The molecule has 0 aliphatic carbocycles. The van der Waals surface area contributed by atoms with E-state index >= 15 is 0 Å². The monoisotopic (exact) mass is 408 g/mol. The van der Waals surface area contributed by atoms with E-state index in [0.717, 1.165) is 11.1 Å². The second-order valence-electron chi connectivity index (χ2n) is 7.58. The van der Waals surface area contributed by atoms with E-state index in [1.54, 1.807) is 24.3 Å². The van der Waals surface area contributed by atoms with Crippen LogP contribution < -0.4 is 4.90 Å². The highest BCUT2D eigenvalue weighted by Crippen LogP contribution is 2.45. The second kappa shape index (κ2) is 7.91. The predicted molar refractivity (Wildman–Crippen MR) is 110 cm³/mol. The molecule has 0 bridgehead atoms. The summed E-state index contributed by atoms with van der Waals surface area (Å²) in [5.41, 5.74) is 1.26. The molecule has 0 saturated carbocycles. The minimum atomic E-state index is -1.50. The zero-order valence-electron chi connectivity index (χ0n) is 17.1. The lowest BCUT2D eigenvalue weighted by Gasteiger charge is -2.48. The number of amides is 2. The molecule has 1 unspecified atom stereocenters. The summed E-state index contributed by atoms with van der Waals surface area (Å²) in [5, 5.41) is 0. The third kappa shape index (κ3) is 3.15. The molecule has 2 aromatic carbocycles. The maximum absolute atomic E-state index is 13.5. The quantitative estimate of drug-likeness (QED) is 0.687. The molecule has 4 rings (SSSR count). The molecule has 7 nitrogen and oxygen atoms in total. The summed E-state index contributed by atoms with van der Waals surface area (Å²) >= 11 is 0. The Bertz CT molecular complexity index is 1000. The Morgan fingerprint density at radius 3 is 2.70 bits per heavy atom. The Balaban J connectivity index is 1.73. The van der Waals surface area contributed by atoms with Gasteiger partial charge in [0.2, 0.25) is 11.6 Å². The fraction of sp³-hybridized carbons (Fsp3) is 0.348. The van der Waals surface area contributed by atoms with E-state index in [2.05, 4.69) is 0 Å². The van der Waals surface area contributed by atoms with Gasteiger partial charge in [-0.25, -0.2) is 4.79 Å². The molecule has 0 aromatic heterocycles. The highest BCUT2D eigenvalue weighted by Gasteiger charge is 2.61. The summed E-state index contributed by atoms with van der Waals surface area (Å²) in [6.07, 6.45) is 0.340. The standard InChI is InChI=1S/C23H24N2O5/c1-16-6-5-7-17(14-16)15-30-22(28)23-11-10-20(26)25(23)19-9-4-3-8-18(19)21(27)24(23)12-13-29-2/h3-9,14H,10-13,15H2,1-2H3. The van der Waals surface area contributed by atoms with E-state index in [0.29, 0.717) is 11.3 Å². The highest BCUT2D eigenvalue weighted by atomic mass is 16.5. The number of benzene rings is 2. The first-order valence-corrected chi connectivity index (χ1v) is 9.95. The van der Waals surface area contributed by atoms with E-state index in [9.17, 15) is 14.4 Å². The average molecular weight is 408 g/mol. The number of carbonyl (C=O) groups is 3. The fourth-order valence-electron chi connectivity index (χ4n) is 4.30. The SMILES string of the molecule is COCCN1C(=O)c2ccccc2N2C(=O)CCC12C(=O)OCc1cccc(C)c1. The van der Waals surface area contributed by atoms with Gasteiger partial charge in [0.1, 0.15) is 6.61 Å². The number of rotatable bonds is 6. The van der Waals surface area contributed by atoms with Crippen molar-refractivity contribution in [3.63, 3.8) is 0 Å². The van der Waals surface area contributed by atoms with Gasteiger partial charge in [-0.15, -0.1) is 0 Å². The molecule has 1 fully saturated rings. The second-order valence-corrected chi connectivity index (χ2v) is 7.58. The molecule has 7 heteroatoms. The van der Waals surface area contributed by atoms with Crippen LogP contribution in [0.4, 0.5) is 5.69 Å². The van der Waals surface area contributed by atoms with Crippen molar-refractivity contribution in [3.8, 4) is 0 Å². The maximum atomic E-state index is 13.5. The number of anilines is 1. The minimum absolute atomic E-state index is 0.0677. The van der Waals surface area contributed by atoms with Gasteiger partial charge in [-0.2, -0.15) is 0 Å². The van der Waals surface area contributed by atoms with Gasteiger partial charge in [0.25, 0.3) is 5.91 Å². The largest absolute Gasteiger partial charge is 0.458 e. The minimum Gasteiger partial charge on any atom is -0.458 e. The Hall–Kier alpha value is -3.19. The smallest absolute Gasteiger partial charge is 0.354 e. The van der Waals surface area contributed by atoms with Gasteiger partial charge in [0, 0.05) is 26.5 Å². The van der Waals surface area contributed by atoms with Gasteiger partial charge in [-0.3, -0.25) is 14.5 Å². The number of carbonyl (C=O) groups excluding carboxylic acids is 3. The number of methoxy groups -OCH3 is 1. The molecule has 2 aliphatic heterocycles. The molecule has 0 radical (unpaired) electrons. The number of fused-ring (bicyclic) bond motifs is 3. The van der Waals surface area contributed by atoms with Crippen LogP contribution in [0.2, 0.25) is 0 Å². The lowest BCUT2D eigenvalue weighted by atomic mass is 9.96. The van der Waals surface area contributed by atoms with Crippen molar-refractivity contribution in [2.45, 2.75) is 32.0 Å². The fourth-order valence-corrected chi connectivity index (χ4v) is 4.30. The first-order chi connectivity index (χ1) is 14.5. The number of nitrogens with zero attached hydrogens (tertiary/aromatic N) is 2. The van der Waals surface area contributed by atoms with E-state index in [1.807, 2.05) is 31.2 Å². The van der Waals surface area contributed by atoms with Crippen molar-refractivity contribution in [2.75, 3.05) is 25.2 Å². The molecule has 2 amide bonds. The Morgan fingerprint density at radius 1 is 1.13 bits per heavy atom. The van der Waals surface area contributed by atoms with Crippen LogP contribution >= 0.6 is 0 Å². The van der Waals surface area contributed by atoms with Crippen LogP contribution in [0.15, 0.2) is 48.5 Å². The Kier molecular flexibility index (Phi) is 5.30. The summed E-state index contributed by atoms with van der Waals surface area (Å²) < 4.78 is 10.9. The van der Waals surface area contributed by atoms with E-state index in [1.165, 1.54) is 16.9 Å². The predicted octanol–water partition coefficient (Wildman–Crippen LogP) is 2.66. The number of ether oxygens (including phenoxy) is 2. The zero-order chi connectivity index (χ0) is 21.3. The Labute approximate surface area is 175 Å². The zero-order valence-corrected chi connectivity index (χ0v) is 17.1. The number of hydrogen-bond donors (Lipinski definition) is 0. The summed E-state index contributed by atoms with van der Waals surface area (Å²) in [6, 6.07) is 14.5. The van der Waals surface area contributed by atoms with E-state index in [-0.39, 0.29) is 44.4 Å². The summed E-state index contributed by atoms with van der Waals surface area (Å²) in [4.78, 5) is 42.6. The summed E-state index contributed by atoms with van der Waals surface area (Å²) in [5.74, 6) is -1.11. The molecule has 2 aromatic rings. The van der Waals surface area contributed by atoms with Gasteiger partial charge in [0.05, 0.1) is 17.9 Å². The normalized spacial score (nSPS) is 20.2. The van der Waals surface area contributed by atoms with E-state index in [4.69, 9.17) is 9.47 Å². The summed E-state index contributed by atoms with van der Waals surface area (Å²) in [6.45, 7) is 2.44. The van der Waals surface area contributed by atoms with Gasteiger partial charge in [-0.1, -0.05) is 42.0 Å². The van der Waals surface area contributed by atoms with Crippen molar-refractivity contribution in [2.24, 2.45) is 0 Å². The van der Waals surface area contributed by atoms with E-state index < -0.39 is 11.6 Å². The molecule has 2 heterocycles. The highest BCUT2D eigenvalue weighted by molar-refractivity contribution is 6.15. The van der Waals surface area contributed by atoms with Crippen molar-refractivity contribution in [1.29, 1.82) is 0 Å². The number of para-hydroxylation sites is 1. The summed E-state index contributed by atoms with van der Waals surface area (Å²) in [7, 11) is 1.53. The third-order valence-corrected chi connectivity index (χ3v) is 5.67. The first-order valence-electron chi connectivity index (χ1n) is 9.95. The van der Waals surface area contributed by atoms with Crippen molar-refractivity contribution in [3.05, 3.63) is 65.2 Å². The molecule has 0 spiro atoms. The Morgan fingerprint density at radius 2 is 1.93 bits per heavy atom. The molecular formula is C23H24N2O5. The van der Waals surface area contributed by atoms with Gasteiger partial charge >= 0.3 is 5.97 Å². The average Bonchev–Trinajstić information content (AvgIpc) is 3.10. The van der Waals surface area contributed by atoms with Crippen molar-refractivity contribution >= 4 is 23.5 Å². The first kappa shape index (κ1) is 20.1. The lowest BCUT2D eigenvalue weighted by molar-refractivity contribution is -0.159. The molecular weight excluding hydrogens is 384 g/mol. The van der Waals surface area contributed by atoms with Gasteiger partial charge in [-0.05, 0) is 24.6 Å². The van der Waals surface area contributed by atoms with Crippen LogP contribution in [0, 0.1) is 6.92 Å². The third-order valence-electron chi connectivity index (χ3n) is 5.67.